The minimum atomic E-state index is -1.03. The van der Waals surface area contributed by atoms with Gasteiger partial charge in [0.1, 0.15) is 6.10 Å². The second-order valence-electron chi connectivity index (χ2n) is 11.8. The minimum Gasteiger partial charge on any atom is -0.462 e. The molecular weight excluding hydrogens is 412 g/mol. The van der Waals surface area contributed by atoms with E-state index in [9.17, 15) is 15.0 Å². The number of rotatable bonds is 7. The zero-order chi connectivity index (χ0) is 24.4. The van der Waals surface area contributed by atoms with Crippen molar-refractivity contribution in [1.82, 2.24) is 0 Å². The van der Waals surface area contributed by atoms with E-state index in [1.54, 1.807) is 19.4 Å². The second kappa shape index (κ2) is 10.5. The molecule has 0 amide bonds. The fourth-order valence-electron chi connectivity index (χ4n) is 6.91. The van der Waals surface area contributed by atoms with Gasteiger partial charge >= 0.3 is 5.97 Å². The molecule has 3 saturated carbocycles. The summed E-state index contributed by atoms with van der Waals surface area (Å²) in [4.78, 5) is 11.4. The topological polar surface area (TPSA) is 66.8 Å². The smallest absolute Gasteiger partial charge is 0.302 e. The van der Waals surface area contributed by atoms with Crippen LogP contribution in [-0.4, -0.2) is 34.0 Å². The molecule has 0 unspecified atom stereocenters. The Morgan fingerprint density at radius 1 is 1.24 bits per heavy atom. The number of aliphatic hydroxyl groups excluding tert-OH is 1. The number of carbonyl (C=O) groups is 1. The number of aliphatic hydroxyl groups is 2. The minimum absolute atomic E-state index is 0.0229. The van der Waals surface area contributed by atoms with Gasteiger partial charge in [-0.3, -0.25) is 4.79 Å². The van der Waals surface area contributed by atoms with Gasteiger partial charge in [-0.2, -0.15) is 0 Å². The lowest BCUT2D eigenvalue weighted by Crippen LogP contribution is -2.38. The number of fused-ring (bicyclic) bond motifs is 1. The highest BCUT2D eigenvalue weighted by Gasteiger charge is 2.50. The maximum atomic E-state index is 11.4. The normalized spacial score (nSPS) is 34.9. The lowest BCUT2D eigenvalue weighted by Gasteiger charge is -2.44. The van der Waals surface area contributed by atoms with Crippen molar-refractivity contribution < 1.29 is 19.7 Å². The van der Waals surface area contributed by atoms with Crippen molar-refractivity contribution >= 4 is 5.97 Å². The highest BCUT2D eigenvalue weighted by Crippen LogP contribution is 2.60. The van der Waals surface area contributed by atoms with Gasteiger partial charge in [0.2, 0.25) is 0 Å². The van der Waals surface area contributed by atoms with Crippen LogP contribution in [0.1, 0.15) is 98.8 Å². The number of carbonyl (C=O) groups excluding carboxylic acids is 1. The summed E-state index contributed by atoms with van der Waals surface area (Å²) in [6.45, 7) is 14.0. The molecule has 0 aliphatic heterocycles. The Hall–Kier alpha value is -1.39. The Morgan fingerprint density at radius 3 is 2.64 bits per heavy atom. The summed E-state index contributed by atoms with van der Waals surface area (Å²) in [5.74, 6) is 1.62. The van der Waals surface area contributed by atoms with Crippen LogP contribution in [0.5, 0.6) is 0 Å². The molecule has 0 saturated heterocycles. The Bertz CT molecular complexity index is 786. The first-order valence-electron chi connectivity index (χ1n) is 13.1. The molecule has 4 heteroatoms. The molecule has 0 aromatic heterocycles. The summed E-state index contributed by atoms with van der Waals surface area (Å²) in [6.07, 6.45) is 14.2. The molecule has 186 valence electrons. The van der Waals surface area contributed by atoms with E-state index < -0.39 is 11.7 Å². The van der Waals surface area contributed by atoms with Crippen molar-refractivity contribution in [3.05, 3.63) is 35.5 Å². The average Bonchev–Trinajstić information content (AvgIpc) is 3.08. The third kappa shape index (κ3) is 6.19. The van der Waals surface area contributed by atoms with Crippen LogP contribution >= 0.6 is 0 Å². The van der Waals surface area contributed by atoms with Crippen molar-refractivity contribution in [3.63, 3.8) is 0 Å². The maximum Gasteiger partial charge on any atom is 0.302 e. The lowest BCUT2D eigenvalue weighted by molar-refractivity contribution is -0.146. The first-order chi connectivity index (χ1) is 15.4. The number of ether oxygens (including phenoxy) is 1. The second-order valence-corrected chi connectivity index (χ2v) is 11.8. The van der Waals surface area contributed by atoms with Gasteiger partial charge in [0.15, 0.2) is 0 Å². The SMILES string of the molecule is C=C1CC[C@H](OC(C)=O)C/C1=C/C=C1\CCC[C@]2(C)[C@@H]([C@H](C)CC[C@@H](O)C(C)(C)O)CC[C@@H]12. The van der Waals surface area contributed by atoms with Crippen LogP contribution < -0.4 is 0 Å². The Kier molecular flexibility index (Phi) is 8.32. The van der Waals surface area contributed by atoms with E-state index in [-0.39, 0.29) is 12.1 Å². The fourth-order valence-corrected chi connectivity index (χ4v) is 6.91. The van der Waals surface area contributed by atoms with E-state index in [2.05, 4.69) is 32.6 Å². The van der Waals surface area contributed by atoms with Gasteiger partial charge in [0, 0.05) is 13.3 Å². The zero-order valence-electron chi connectivity index (χ0n) is 21.5. The van der Waals surface area contributed by atoms with Crippen molar-refractivity contribution in [2.45, 2.75) is 117 Å². The number of esters is 1. The van der Waals surface area contributed by atoms with Gasteiger partial charge in [-0.15, -0.1) is 0 Å². The largest absolute Gasteiger partial charge is 0.462 e. The number of hydrogen-bond donors (Lipinski definition) is 2. The summed E-state index contributed by atoms with van der Waals surface area (Å²) in [6, 6.07) is 0. The fraction of sp³-hybridized carbons (Fsp3) is 0.759. The van der Waals surface area contributed by atoms with Crippen molar-refractivity contribution in [3.8, 4) is 0 Å². The van der Waals surface area contributed by atoms with Crippen LogP contribution in [0.25, 0.3) is 0 Å². The first kappa shape index (κ1) is 26.2. The van der Waals surface area contributed by atoms with Crippen LogP contribution in [0.2, 0.25) is 0 Å². The summed E-state index contributed by atoms with van der Waals surface area (Å²) < 4.78 is 5.47. The molecule has 0 radical (unpaired) electrons. The van der Waals surface area contributed by atoms with Crippen molar-refractivity contribution in [2.75, 3.05) is 0 Å². The van der Waals surface area contributed by atoms with Gasteiger partial charge in [-0.1, -0.05) is 43.7 Å². The molecule has 4 nitrogen and oxygen atoms in total. The maximum absolute atomic E-state index is 11.4. The average molecular weight is 459 g/mol. The standard InChI is InChI=1S/C29H46O4/c1-19-9-13-24(33-21(3)30)18-23(19)12-11-22-8-7-17-29(6)25(14-15-26(22)29)20(2)10-16-27(31)28(4,5)32/h11-12,20,24-27,31-32H,1,7-10,13-18H2,2-6H3/b22-11+,23-12-/t20-,24+,25-,26+,27-,29-/m1/s1. The predicted molar refractivity (Wildman–Crippen MR) is 134 cm³/mol. The van der Waals surface area contributed by atoms with Crippen LogP contribution in [0, 0.1) is 23.2 Å². The molecule has 6 atom stereocenters. The molecule has 0 heterocycles. The van der Waals surface area contributed by atoms with Gasteiger partial charge in [-0.25, -0.2) is 0 Å². The van der Waals surface area contributed by atoms with Crippen LogP contribution in [-0.2, 0) is 9.53 Å². The van der Waals surface area contributed by atoms with Gasteiger partial charge in [-0.05, 0) is 100 Å². The number of allylic oxidation sites excluding steroid dienone is 4. The Balaban J connectivity index is 1.69. The van der Waals surface area contributed by atoms with Crippen LogP contribution in [0.15, 0.2) is 35.5 Å². The van der Waals surface area contributed by atoms with E-state index in [1.165, 1.54) is 50.2 Å². The predicted octanol–water partition coefficient (Wildman–Crippen LogP) is 6.28. The van der Waals surface area contributed by atoms with Crippen molar-refractivity contribution in [1.29, 1.82) is 0 Å². The summed E-state index contributed by atoms with van der Waals surface area (Å²) in [5, 5.41) is 20.4. The molecule has 0 aromatic carbocycles. The van der Waals surface area contributed by atoms with Gasteiger partial charge in [0.05, 0.1) is 11.7 Å². The van der Waals surface area contributed by atoms with E-state index in [0.717, 1.165) is 25.7 Å². The zero-order valence-corrected chi connectivity index (χ0v) is 21.5. The van der Waals surface area contributed by atoms with E-state index >= 15 is 0 Å². The molecule has 3 aliphatic rings. The molecule has 2 N–H and O–H groups in total. The number of hydrogen-bond acceptors (Lipinski definition) is 4. The van der Waals surface area contributed by atoms with Crippen LogP contribution in [0.3, 0.4) is 0 Å². The highest BCUT2D eigenvalue weighted by atomic mass is 16.5. The molecule has 3 aliphatic carbocycles. The molecule has 0 bridgehead atoms. The van der Waals surface area contributed by atoms with E-state index in [1.807, 2.05) is 0 Å². The molecular formula is C29H46O4. The monoisotopic (exact) mass is 458 g/mol. The summed E-state index contributed by atoms with van der Waals surface area (Å²) in [7, 11) is 0. The summed E-state index contributed by atoms with van der Waals surface area (Å²) in [5.41, 5.74) is 3.26. The molecule has 3 rings (SSSR count). The van der Waals surface area contributed by atoms with E-state index in [4.69, 9.17) is 4.74 Å². The molecule has 0 spiro atoms. The summed E-state index contributed by atoms with van der Waals surface area (Å²) >= 11 is 0. The van der Waals surface area contributed by atoms with Gasteiger partial charge in [0.25, 0.3) is 0 Å². The molecule has 3 fully saturated rings. The Morgan fingerprint density at radius 2 is 1.97 bits per heavy atom. The first-order valence-corrected chi connectivity index (χ1v) is 13.1. The quantitative estimate of drug-likeness (QED) is 0.441. The van der Waals surface area contributed by atoms with E-state index in [0.29, 0.717) is 29.6 Å². The Labute approximate surface area is 201 Å². The van der Waals surface area contributed by atoms with Crippen LogP contribution in [0.4, 0.5) is 0 Å². The third-order valence-corrected chi connectivity index (χ3v) is 8.94. The highest BCUT2D eigenvalue weighted by molar-refractivity contribution is 5.66. The van der Waals surface area contributed by atoms with Crippen molar-refractivity contribution in [2.24, 2.45) is 23.2 Å². The van der Waals surface area contributed by atoms with Gasteiger partial charge < -0.3 is 14.9 Å². The molecule has 0 aromatic rings. The third-order valence-electron chi connectivity index (χ3n) is 8.94. The lowest BCUT2D eigenvalue weighted by atomic mass is 9.60. The molecule has 33 heavy (non-hydrogen) atoms.